The van der Waals surface area contributed by atoms with Gasteiger partial charge in [0.05, 0.1) is 0 Å². The van der Waals surface area contributed by atoms with E-state index in [1.54, 1.807) is 0 Å². The standard InChI is InChI=1S/C18H21ClN2/c19-16-10-9-15-8-7-14-5-1-2-6-17(14)21(18(15)13-16)12-4-3-11-20/h1-2,5-6,9-10,13H,3-4,7-8,11-12,20H2. The van der Waals surface area contributed by atoms with Crippen LogP contribution in [0.25, 0.3) is 0 Å². The number of anilines is 2. The second kappa shape index (κ2) is 6.50. The molecule has 0 radical (unpaired) electrons. The molecule has 0 saturated heterocycles. The lowest BCUT2D eigenvalue weighted by Gasteiger charge is -2.27. The van der Waals surface area contributed by atoms with Crippen molar-refractivity contribution in [1.82, 2.24) is 0 Å². The van der Waals surface area contributed by atoms with Gasteiger partial charge in [-0.25, -0.2) is 0 Å². The van der Waals surface area contributed by atoms with Crippen LogP contribution in [0.2, 0.25) is 5.02 Å². The molecular formula is C18H21ClN2. The molecule has 3 rings (SSSR count). The molecule has 1 heterocycles. The number of rotatable bonds is 4. The van der Waals surface area contributed by atoms with Gasteiger partial charge >= 0.3 is 0 Å². The maximum absolute atomic E-state index is 6.24. The monoisotopic (exact) mass is 300 g/mol. The molecule has 0 bridgehead atoms. The zero-order chi connectivity index (χ0) is 14.7. The Morgan fingerprint density at radius 2 is 1.71 bits per heavy atom. The first-order valence-corrected chi connectivity index (χ1v) is 8.01. The summed E-state index contributed by atoms with van der Waals surface area (Å²) in [5.41, 5.74) is 11.0. The largest absolute Gasteiger partial charge is 0.341 e. The Labute approximate surface area is 131 Å². The molecule has 0 unspecified atom stereocenters. The van der Waals surface area contributed by atoms with Gasteiger partial charge in [-0.2, -0.15) is 0 Å². The third-order valence-electron chi connectivity index (χ3n) is 4.12. The van der Waals surface area contributed by atoms with E-state index < -0.39 is 0 Å². The van der Waals surface area contributed by atoms with Crippen molar-refractivity contribution in [2.24, 2.45) is 5.73 Å². The average Bonchev–Trinajstić information content (AvgIpc) is 2.65. The Kier molecular flexibility index (Phi) is 4.47. The fraction of sp³-hybridized carbons (Fsp3) is 0.333. The van der Waals surface area contributed by atoms with E-state index >= 15 is 0 Å². The summed E-state index contributed by atoms with van der Waals surface area (Å²) < 4.78 is 0. The summed E-state index contributed by atoms with van der Waals surface area (Å²) in [5, 5.41) is 0.803. The molecule has 2 N–H and O–H groups in total. The predicted octanol–water partition coefficient (Wildman–Crippen LogP) is 4.32. The SMILES string of the molecule is NCCCCN1c2ccccc2CCc2ccc(Cl)cc21. The van der Waals surface area contributed by atoms with Crippen LogP contribution in [0, 0.1) is 0 Å². The van der Waals surface area contributed by atoms with Gasteiger partial charge in [0.25, 0.3) is 0 Å². The van der Waals surface area contributed by atoms with Crippen LogP contribution in [0.3, 0.4) is 0 Å². The normalized spacial score (nSPS) is 13.5. The summed E-state index contributed by atoms with van der Waals surface area (Å²) in [6.45, 7) is 1.74. The molecule has 1 aliphatic rings. The molecule has 2 aromatic rings. The molecule has 21 heavy (non-hydrogen) atoms. The smallest absolute Gasteiger partial charge is 0.0458 e. The van der Waals surface area contributed by atoms with Crippen molar-refractivity contribution < 1.29 is 0 Å². The van der Waals surface area contributed by atoms with Crippen LogP contribution in [0.1, 0.15) is 24.0 Å². The van der Waals surface area contributed by atoms with E-state index in [4.69, 9.17) is 17.3 Å². The Morgan fingerprint density at radius 1 is 0.952 bits per heavy atom. The van der Waals surface area contributed by atoms with Crippen molar-refractivity contribution in [3.63, 3.8) is 0 Å². The van der Waals surface area contributed by atoms with Gasteiger partial charge in [0.2, 0.25) is 0 Å². The molecule has 0 saturated carbocycles. The Morgan fingerprint density at radius 3 is 2.52 bits per heavy atom. The lowest BCUT2D eigenvalue weighted by Crippen LogP contribution is -2.20. The highest BCUT2D eigenvalue weighted by atomic mass is 35.5. The number of para-hydroxylation sites is 1. The van der Waals surface area contributed by atoms with Crippen LogP contribution in [0.5, 0.6) is 0 Å². The minimum atomic E-state index is 0.748. The summed E-state index contributed by atoms with van der Waals surface area (Å²) in [6.07, 6.45) is 4.29. The summed E-state index contributed by atoms with van der Waals surface area (Å²) in [6, 6.07) is 15.0. The van der Waals surface area contributed by atoms with E-state index in [2.05, 4.69) is 41.3 Å². The van der Waals surface area contributed by atoms with E-state index in [9.17, 15) is 0 Å². The second-order valence-electron chi connectivity index (χ2n) is 5.55. The molecule has 2 aromatic carbocycles. The molecule has 0 aromatic heterocycles. The number of unbranched alkanes of at least 4 members (excludes halogenated alkanes) is 1. The van der Waals surface area contributed by atoms with E-state index in [0.29, 0.717) is 0 Å². The first-order chi connectivity index (χ1) is 10.3. The highest BCUT2D eigenvalue weighted by Crippen LogP contribution is 2.37. The maximum atomic E-state index is 6.24. The number of nitrogens with zero attached hydrogens (tertiary/aromatic N) is 1. The average molecular weight is 301 g/mol. The number of hydrogen-bond acceptors (Lipinski definition) is 2. The number of hydrogen-bond donors (Lipinski definition) is 1. The summed E-state index contributed by atoms with van der Waals surface area (Å²) in [7, 11) is 0. The summed E-state index contributed by atoms with van der Waals surface area (Å²) in [4.78, 5) is 2.42. The van der Waals surface area contributed by atoms with Gasteiger partial charge in [0.15, 0.2) is 0 Å². The molecule has 110 valence electrons. The van der Waals surface area contributed by atoms with Gasteiger partial charge in [-0.1, -0.05) is 35.9 Å². The van der Waals surface area contributed by atoms with Gasteiger partial charge in [0, 0.05) is 22.9 Å². The number of halogens is 1. The molecular weight excluding hydrogens is 280 g/mol. The Balaban J connectivity index is 2.03. The van der Waals surface area contributed by atoms with E-state index in [1.807, 2.05) is 6.07 Å². The molecule has 0 spiro atoms. The third-order valence-corrected chi connectivity index (χ3v) is 4.36. The topological polar surface area (TPSA) is 29.3 Å². The number of fused-ring (bicyclic) bond motifs is 2. The third kappa shape index (κ3) is 3.07. The highest BCUT2D eigenvalue weighted by molar-refractivity contribution is 6.30. The minimum absolute atomic E-state index is 0.748. The predicted molar refractivity (Wildman–Crippen MR) is 90.6 cm³/mol. The summed E-state index contributed by atoms with van der Waals surface area (Å²) in [5.74, 6) is 0. The van der Waals surface area contributed by atoms with Gasteiger partial charge in [-0.3, -0.25) is 0 Å². The highest BCUT2D eigenvalue weighted by Gasteiger charge is 2.20. The van der Waals surface area contributed by atoms with Crippen LogP contribution in [0.4, 0.5) is 11.4 Å². The second-order valence-corrected chi connectivity index (χ2v) is 5.99. The van der Waals surface area contributed by atoms with Crippen LogP contribution in [-0.4, -0.2) is 13.1 Å². The number of aryl methyl sites for hydroxylation is 2. The molecule has 0 fully saturated rings. The van der Waals surface area contributed by atoms with E-state index in [-0.39, 0.29) is 0 Å². The van der Waals surface area contributed by atoms with Gasteiger partial charge in [0.1, 0.15) is 0 Å². The minimum Gasteiger partial charge on any atom is -0.341 e. The van der Waals surface area contributed by atoms with Gasteiger partial charge < -0.3 is 10.6 Å². The molecule has 0 atom stereocenters. The van der Waals surface area contributed by atoms with Crippen molar-refractivity contribution in [3.05, 3.63) is 58.6 Å². The van der Waals surface area contributed by atoms with Crippen LogP contribution >= 0.6 is 11.6 Å². The van der Waals surface area contributed by atoms with Crippen molar-refractivity contribution in [1.29, 1.82) is 0 Å². The summed E-state index contributed by atoms with van der Waals surface area (Å²) >= 11 is 6.24. The Hall–Kier alpha value is -1.51. The maximum Gasteiger partial charge on any atom is 0.0458 e. The van der Waals surface area contributed by atoms with Crippen molar-refractivity contribution in [3.8, 4) is 0 Å². The molecule has 1 aliphatic heterocycles. The lowest BCUT2D eigenvalue weighted by atomic mass is 10.0. The molecule has 0 aliphatic carbocycles. The lowest BCUT2D eigenvalue weighted by molar-refractivity contribution is 0.741. The molecule has 0 amide bonds. The van der Waals surface area contributed by atoms with E-state index in [1.165, 1.54) is 22.5 Å². The Bertz CT molecular complexity index is 624. The van der Waals surface area contributed by atoms with E-state index in [0.717, 1.165) is 43.8 Å². The fourth-order valence-corrected chi connectivity index (χ4v) is 3.21. The van der Waals surface area contributed by atoms with Crippen LogP contribution in [0.15, 0.2) is 42.5 Å². The fourth-order valence-electron chi connectivity index (χ4n) is 3.04. The van der Waals surface area contributed by atoms with Crippen LogP contribution < -0.4 is 10.6 Å². The van der Waals surface area contributed by atoms with Crippen molar-refractivity contribution >= 4 is 23.0 Å². The van der Waals surface area contributed by atoms with Gasteiger partial charge in [-0.05, 0) is 61.6 Å². The van der Waals surface area contributed by atoms with Crippen molar-refractivity contribution in [2.75, 3.05) is 18.0 Å². The number of benzene rings is 2. The number of nitrogens with two attached hydrogens (primary N) is 1. The van der Waals surface area contributed by atoms with Crippen LogP contribution in [-0.2, 0) is 12.8 Å². The van der Waals surface area contributed by atoms with Gasteiger partial charge in [-0.15, -0.1) is 0 Å². The first-order valence-electron chi connectivity index (χ1n) is 7.63. The molecule has 2 nitrogen and oxygen atoms in total. The first kappa shape index (κ1) is 14.4. The van der Waals surface area contributed by atoms with Crippen molar-refractivity contribution in [2.45, 2.75) is 25.7 Å². The zero-order valence-corrected chi connectivity index (χ0v) is 12.9. The molecule has 3 heteroatoms. The quantitative estimate of drug-likeness (QED) is 0.852. The zero-order valence-electron chi connectivity index (χ0n) is 12.2.